The van der Waals surface area contributed by atoms with Crippen LogP contribution in [0.5, 0.6) is 0 Å². The van der Waals surface area contributed by atoms with Crippen LogP contribution >= 0.6 is 22.7 Å². The van der Waals surface area contributed by atoms with Gasteiger partial charge in [-0.2, -0.15) is 0 Å². The largest absolute Gasteiger partial charge is 0.382 e. The highest BCUT2D eigenvalue weighted by Gasteiger charge is 2.41. The SMILES string of the molecule is C.C.C.C.C.C.CC.CC.CC.CC.CC.CC.CC.CC.CC.CC.CC(C)(O)C(=O)c1ccccc1.CC1=NC(C)(n2c(C)nc(C)c2C)N=C1C.CN(C)C(C)(C)C(=O)c1ccccc1.COC(OC)(C(=O)c1ccccc1)c1ccccc1.O=C(c1ccccc1)c1ccccc1.O=c1c2ccccc2sc2ccccc12.O=c1c2ccccc2sc2ccccc12. The summed E-state index contributed by atoms with van der Waals surface area (Å²) in [5, 5.41) is 12.7. The number of carbonyl (C=O) groups is 4. The third-order valence-corrected chi connectivity index (χ3v) is 19.9. The van der Waals surface area contributed by atoms with Crippen molar-refractivity contribution < 1.29 is 33.8 Å². The highest BCUT2D eigenvalue weighted by atomic mass is 32.1. The van der Waals surface area contributed by atoms with Crippen LogP contribution in [0.15, 0.2) is 299 Å². The van der Waals surface area contributed by atoms with Gasteiger partial charge in [0.1, 0.15) is 11.4 Å². The lowest BCUT2D eigenvalue weighted by Crippen LogP contribution is -2.45. The van der Waals surface area contributed by atoms with Crippen molar-refractivity contribution in [3.05, 3.63) is 350 Å². The summed E-state index contributed by atoms with van der Waals surface area (Å²) in [7, 11) is 6.77. The number of fused-ring (bicyclic) bond motifs is 4. The lowest BCUT2D eigenvalue weighted by Gasteiger charge is -2.30. The molecule has 724 valence electrons. The van der Waals surface area contributed by atoms with Crippen LogP contribution in [-0.4, -0.2) is 93.6 Å². The predicted molar refractivity (Wildman–Crippen MR) is 586 cm³/mol. The third kappa shape index (κ3) is 42.0. The van der Waals surface area contributed by atoms with E-state index in [1.807, 2.05) is 449 Å². The molecule has 0 saturated heterocycles. The number of rotatable bonds is 13. The quantitative estimate of drug-likeness (QED) is 0.0657. The van der Waals surface area contributed by atoms with Crippen molar-refractivity contribution in [1.82, 2.24) is 14.5 Å². The van der Waals surface area contributed by atoms with Crippen LogP contribution in [0.25, 0.3) is 40.3 Å². The number of methoxy groups -OCH3 is 2. The topological polar surface area (TPSA) is 187 Å². The van der Waals surface area contributed by atoms with Crippen LogP contribution < -0.4 is 10.9 Å². The van der Waals surface area contributed by atoms with E-state index in [0.29, 0.717) is 16.7 Å². The molecule has 0 unspecified atom stereocenters. The molecule has 131 heavy (non-hydrogen) atoms. The number of benzene rings is 10. The summed E-state index contributed by atoms with van der Waals surface area (Å²) in [6.07, 6.45) is 0. The van der Waals surface area contributed by atoms with Crippen LogP contribution in [0.1, 0.15) is 301 Å². The van der Waals surface area contributed by atoms with Gasteiger partial charge in [0, 0.05) is 101 Å². The zero-order chi connectivity index (χ0) is 96.1. The minimum Gasteiger partial charge on any atom is -0.382 e. The van der Waals surface area contributed by atoms with E-state index >= 15 is 0 Å². The molecule has 13 aromatic rings. The van der Waals surface area contributed by atoms with Crippen molar-refractivity contribution in [2.75, 3.05) is 28.3 Å². The van der Waals surface area contributed by atoms with Crippen molar-refractivity contribution in [2.24, 2.45) is 9.98 Å². The van der Waals surface area contributed by atoms with Crippen molar-refractivity contribution in [3.63, 3.8) is 0 Å². The van der Waals surface area contributed by atoms with Crippen LogP contribution in [0.4, 0.5) is 0 Å². The van der Waals surface area contributed by atoms with Crippen LogP contribution in [-0.2, 0) is 21.0 Å². The second kappa shape index (κ2) is 76.7. The van der Waals surface area contributed by atoms with Gasteiger partial charge in [-0.15, -0.1) is 22.7 Å². The number of nitrogens with zero attached hydrogens (tertiary/aromatic N) is 5. The number of aromatic nitrogens is 2. The zero-order valence-electron chi connectivity index (χ0n) is 81.8. The minimum absolute atomic E-state index is 0. The lowest BCUT2D eigenvalue weighted by atomic mass is 9.92. The molecular formula is C115H173N5O9S2. The number of aryl methyl sites for hydroxylation is 2. The molecule has 1 aliphatic heterocycles. The standard InChI is InChI=1S/C16H16O3.2C13H8OS.C13H10O.C12H18N4.C12H17NO.C10H12O2.10C2H6.6CH4/c1-18-16(19-2,14-11-7-4-8-12-14)15(17)13-9-5-3-6-10-13;2*14-13-9-5-1-3-7-11(9)15-12-8-4-2-6-10(12)13;14-13(11-7-3-1-4-8-11)12-9-5-2-6-10-12;1-7-8(2)15-12(6,14-7)16-10(4)9(3)13-11(16)5;1-12(2,13(3)4)11(14)10-8-6-5-7-9-10;1-10(2,12)9(11)8-6-4-3-5-7-8;10*1-2;;;;;;/h3-12H,1-2H3;2*1-8H;1-10H;1-6H3;5-9H,1-4H3;3-7,12H,1-2H3;10*1-2H3;6*1H4. The Bertz CT molecular complexity index is 4990. The summed E-state index contributed by atoms with van der Waals surface area (Å²) < 4.78 is 17.2. The monoisotopic (exact) mass is 1830 g/mol. The fourth-order valence-electron chi connectivity index (χ4n) is 11.3. The van der Waals surface area contributed by atoms with Gasteiger partial charge < -0.3 is 14.6 Å². The van der Waals surface area contributed by atoms with Crippen LogP contribution in [0.3, 0.4) is 0 Å². The molecule has 0 fully saturated rings. The van der Waals surface area contributed by atoms with E-state index in [4.69, 9.17) is 9.47 Å². The maximum Gasteiger partial charge on any atom is 0.260 e. The summed E-state index contributed by atoms with van der Waals surface area (Å²) in [5.74, 6) is -1.21. The Labute approximate surface area is 803 Å². The molecule has 0 spiro atoms. The molecule has 0 radical (unpaired) electrons. The van der Waals surface area contributed by atoms with Crippen LogP contribution in [0, 0.1) is 20.8 Å². The first-order valence-corrected chi connectivity index (χ1v) is 45.8. The molecule has 0 aliphatic carbocycles. The second-order valence-corrected chi connectivity index (χ2v) is 28.1. The Morgan fingerprint density at radius 1 is 0.351 bits per heavy atom. The molecule has 14 nitrogen and oxygen atoms in total. The van der Waals surface area contributed by atoms with Crippen molar-refractivity contribution in [2.45, 2.75) is 275 Å². The Morgan fingerprint density at radius 2 is 0.580 bits per heavy atom. The Hall–Kier alpha value is -11.0. The van der Waals surface area contributed by atoms with E-state index in [9.17, 15) is 33.9 Å². The number of ether oxygens (including phenoxy) is 2. The summed E-state index contributed by atoms with van der Waals surface area (Å²) >= 11 is 3.33. The van der Waals surface area contributed by atoms with E-state index in [1.165, 1.54) is 28.1 Å². The molecule has 10 aromatic carbocycles. The Balaban J connectivity index is -0.000000182. The summed E-state index contributed by atoms with van der Waals surface area (Å²) in [5.41, 5.74) is 6.77. The van der Waals surface area contributed by atoms with Gasteiger partial charge in [-0.05, 0) is 125 Å². The van der Waals surface area contributed by atoms with E-state index in [2.05, 4.69) is 26.5 Å². The molecule has 1 N–H and O–H groups in total. The number of Topliss-reactive ketones (excluding diaryl/α,β-unsaturated/α-hetero) is 3. The third-order valence-electron chi connectivity index (χ3n) is 17.6. The molecule has 16 heteroatoms. The number of aliphatic imine (C=N–C) groups is 2. The first-order chi connectivity index (χ1) is 60.2. The highest BCUT2D eigenvalue weighted by Crippen LogP contribution is 2.32. The highest BCUT2D eigenvalue weighted by molar-refractivity contribution is 7.25. The van der Waals surface area contributed by atoms with E-state index in [1.54, 1.807) is 59.1 Å². The number of likely N-dealkylation sites (N-methyl/N-ethyl adjacent to an activating group) is 1. The van der Waals surface area contributed by atoms with Gasteiger partial charge in [0.25, 0.3) is 5.79 Å². The van der Waals surface area contributed by atoms with Crippen molar-refractivity contribution >= 4 is 97.6 Å². The average Bonchev–Trinajstić information content (AvgIpc) is 1.55. The molecule has 4 heterocycles. The molecule has 0 bridgehead atoms. The number of hydrogen-bond donors (Lipinski definition) is 1. The summed E-state index contributed by atoms with van der Waals surface area (Å²) in [4.78, 5) is 87.9. The zero-order valence-corrected chi connectivity index (χ0v) is 83.5. The predicted octanol–water partition coefficient (Wildman–Crippen LogP) is 33.1. The molecule has 14 rings (SSSR count). The molecule has 0 saturated carbocycles. The fraction of sp³-hybridized carbons (Fsp3) is 0.383. The fourth-order valence-corrected chi connectivity index (χ4v) is 13.5. The number of imidazole rings is 1. The van der Waals surface area contributed by atoms with Gasteiger partial charge >= 0.3 is 0 Å². The first kappa shape index (κ1) is 138. The van der Waals surface area contributed by atoms with Crippen molar-refractivity contribution in [3.8, 4) is 0 Å². The molecule has 0 amide bonds. The Kier molecular flexibility index (Phi) is 80.8. The van der Waals surface area contributed by atoms with E-state index < -0.39 is 22.7 Å². The minimum atomic E-state index is -1.40. The maximum atomic E-state index is 12.7. The summed E-state index contributed by atoms with van der Waals surface area (Å²) in [6.45, 7) is 58.9. The second-order valence-electron chi connectivity index (χ2n) is 25.9. The maximum absolute atomic E-state index is 12.7. The Morgan fingerprint density at radius 3 is 0.817 bits per heavy atom. The average molecular weight is 1830 g/mol. The van der Waals surface area contributed by atoms with E-state index in [-0.39, 0.29) is 78.6 Å². The molecule has 1 aliphatic rings. The van der Waals surface area contributed by atoms with Gasteiger partial charge in [0.2, 0.25) is 11.6 Å². The normalized spacial score (nSPS) is 10.2. The van der Waals surface area contributed by atoms with Crippen LogP contribution in [0.2, 0.25) is 0 Å². The smallest absolute Gasteiger partial charge is 0.260 e. The first-order valence-electron chi connectivity index (χ1n) is 44.1. The van der Waals surface area contributed by atoms with Gasteiger partial charge in [0.05, 0.1) is 22.7 Å². The van der Waals surface area contributed by atoms with E-state index in [0.717, 1.165) is 85.7 Å². The molecular weight excluding hydrogens is 1660 g/mol. The summed E-state index contributed by atoms with van der Waals surface area (Å²) in [6, 6.07) is 86.0. The van der Waals surface area contributed by atoms with Crippen molar-refractivity contribution in [1.29, 1.82) is 0 Å². The number of carbonyl (C=O) groups excluding carboxylic acids is 4. The molecule has 0 atom stereocenters. The lowest BCUT2D eigenvalue weighted by molar-refractivity contribution is -0.176. The van der Waals surface area contributed by atoms with Gasteiger partial charge in [-0.1, -0.05) is 414 Å². The number of aliphatic hydroxyl groups is 1. The number of hydrogen-bond acceptors (Lipinski definition) is 15. The van der Waals surface area contributed by atoms with Gasteiger partial charge in [0.15, 0.2) is 28.2 Å². The van der Waals surface area contributed by atoms with Gasteiger partial charge in [-0.25, -0.2) is 15.0 Å². The number of ketones is 4. The van der Waals surface area contributed by atoms with Gasteiger partial charge in [-0.3, -0.25) is 38.2 Å². The molecule has 3 aromatic heterocycles.